The molecule has 2 heterocycles. The first-order valence-corrected chi connectivity index (χ1v) is 15.8. The van der Waals surface area contributed by atoms with Crippen molar-refractivity contribution < 1.29 is 33.0 Å². The van der Waals surface area contributed by atoms with Crippen LogP contribution < -0.4 is 5.32 Å². The number of amides is 3. The minimum absolute atomic E-state index is 0.0469. The van der Waals surface area contributed by atoms with Gasteiger partial charge in [0.1, 0.15) is 17.2 Å². The van der Waals surface area contributed by atoms with E-state index in [1.165, 1.54) is 4.90 Å². The lowest BCUT2D eigenvalue weighted by atomic mass is 9.93. The van der Waals surface area contributed by atoms with Gasteiger partial charge in [-0.2, -0.15) is 0 Å². The van der Waals surface area contributed by atoms with Gasteiger partial charge < -0.3 is 20.1 Å². The van der Waals surface area contributed by atoms with Gasteiger partial charge in [-0.1, -0.05) is 43.7 Å². The van der Waals surface area contributed by atoms with E-state index in [0.717, 1.165) is 36.6 Å². The van der Waals surface area contributed by atoms with Gasteiger partial charge in [0.25, 0.3) is 0 Å². The van der Waals surface area contributed by atoms with Crippen molar-refractivity contribution in [2.75, 3.05) is 32.7 Å². The number of likely N-dealkylation sites (tertiary alicyclic amines) is 1. The zero-order valence-corrected chi connectivity index (χ0v) is 26.7. The largest absolute Gasteiger partial charge is 0.444 e. The van der Waals surface area contributed by atoms with E-state index < -0.39 is 53.3 Å². The van der Waals surface area contributed by atoms with Gasteiger partial charge in [0.2, 0.25) is 11.8 Å². The summed E-state index contributed by atoms with van der Waals surface area (Å²) < 4.78 is 34.1. The number of hydrogen-bond donors (Lipinski definition) is 2. The lowest BCUT2D eigenvalue weighted by Crippen LogP contribution is -2.64. The predicted octanol–water partition coefficient (Wildman–Crippen LogP) is 4.12. The zero-order chi connectivity index (χ0) is 32.7. The lowest BCUT2D eigenvalue weighted by Gasteiger charge is -2.45. The fraction of sp³-hybridized carbons (Fsp3) is 0.559. The highest BCUT2D eigenvalue weighted by Gasteiger charge is 2.42. The number of ether oxygens (including phenoxy) is 1. The van der Waals surface area contributed by atoms with Gasteiger partial charge in [-0.15, -0.1) is 0 Å². The molecule has 0 bridgehead atoms. The number of nitrogens with zero attached hydrogens (tertiary/aromatic N) is 3. The molecule has 2 N–H and O–H groups in total. The molecule has 4 rings (SSSR count). The van der Waals surface area contributed by atoms with Crippen LogP contribution >= 0.6 is 0 Å². The maximum absolute atomic E-state index is 14.2. The Balaban J connectivity index is 1.61. The average molecular weight is 629 g/mol. The molecule has 2 aliphatic rings. The molecular formula is C34H46F2N4O5. The number of aliphatic hydroxyl groups excluding tert-OH is 1. The number of rotatable bonds is 11. The Morgan fingerprint density at radius 1 is 1.04 bits per heavy atom. The second-order valence-electron chi connectivity index (χ2n) is 13.1. The van der Waals surface area contributed by atoms with E-state index in [0.29, 0.717) is 19.6 Å². The molecule has 3 amide bonds. The summed E-state index contributed by atoms with van der Waals surface area (Å²) in [5.41, 5.74) is 0.527. The monoisotopic (exact) mass is 628 g/mol. The zero-order valence-electron chi connectivity index (χ0n) is 26.7. The molecule has 2 aliphatic heterocycles. The summed E-state index contributed by atoms with van der Waals surface area (Å²) in [5, 5.41) is 14.9. The molecule has 246 valence electrons. The SMILES string of the molecule is CCCCN1CC(C(=O)NC(Cc2cc(F)cc(F)c2)[C@H](O)[C@H]2CN(Cc3ccccc3)CCN2C(=O)OC(C)(C)C)CC1=O. The fourth-order valence-electron chi connectivity index (χ4n) is 6.02. The molecule has 2 unspecified atom stereocenters. The van der Waals surface area contributed by atoms with Gasteiger partial charge >= 0.3 is 6.09 Å². The maximum Gasteiger partial charge on any atom is 0.410 e. The van der Waals surface area contributed by atoms with Crippen LogP contribution in [0.25, 0.3) is 0 Å². The fourth-order valence-corrected chi connectivity index (χ4v) is 6.02. The molecule has 45 heavy (non-hydrogen) atoms. The summed E-state index contributed by atoms with van der Waals surface area (Å²) in [6.07, 6.45) is -0.241. The average Bonchev–Trinajstić information content (AvgIpc) is 3.34. The molecule has 9 nitrogen and oxygen atoms in total. The van der Waals surface area contributed by atoms with Gasteiger partial charge in [-0.25, -0.2) is 13.6 Å². The number of carbonyl (C=O) groups is 3. The minimum atomic E-state index is -1.33. The number of unbranched alkanes of at least 4 members (excludes halogenated alkanes) is 1. The maximum atomic E-state index is 14.2. The highest BCUT2D eigenvalue weighted by atomic mass is 19.1. The lowest BCUT2D eigenvalue weighted by molar-refractivity contribution is -0.129. The summed E-state index contributed by atoms with van der Waals surface area (Å²) in [6, 6.07) is 11.1. The van der Waals surface area contributed by atoms with Crippen molar-refractivity contribution in [3.05, 3.63) is 71.3 Å². The number of halogens is 2. The molecule has 0 spiro atoms. The van der Waals surface area contributed by atoms with Crippen molar-refractivity contribution in [2.24, 2.45) is 5.92 Å². The van der Waals surface area contributed by atoms with Crippen molar-refractivity contribution in [2.45, 2.75) is 83.7 Å². The van der Waals surface area contributed by atoms with Crippen molar-refractivity contribution in [1.29, 1.82) is 0 Å². The molecule has 0 aromatic heterocycles. The van der Waals surface area contributed by atoms with E-state index in [1.54, 1.807) is 25.7 Å². The van der Waals surface area contributed by atoms with Crippen molar-refractivity contribution in [3.63, 3.8) is 0 Å². The number of benzene rings is 2. The van der Waals surface area contributed by atoms with E-state index >= 15 is 0 Å². The number of nitrogens with one attached hydrogen (secondary N) is 1. The number of carbonyl (C=O) groups excluding carboxylic acids is 3. The number of piperazine rings is 1. The molecular weight excluding hydrogens is 582 g/mol. The van der Waals surface area contributed by atoms with Crippen LogP contribution in [-0.4, -0.2) is 94.2 Å². The van der Waals surface area contributed by atoms with Crippen LogP contribution in [0.4, 0.5) is 13.6 Å². The third-order valence-electron chi connectivity index (χ3n) is 8.26. The molecule has 2 saturated heterocycles. The van der Waals surface area contributed by atoms with Gasteiger partial charge in [0.15, 0.2) is 0 Å². The van der Waals surface area contributed by atoms with Crippen molar-refractivity contribution in [1.82, 2.24) is 20.0 Å². The van der Waals surface area contributed by atoms with E-state index in [-0.39, 0.29) is 43.9 Å². The second-order valence-corrected chi connectivity index (χ2v) is 13.1. The summed E-state index contributed by atoms with van der Waals surface area (Å²) in [5.74, 6) is -2.72. The molecule has 11 heteroatoms. The Kier molecular flexibility index (Phi) is 11.5. The van der Waals surface area contributed by atoms with Gasteiger partial charge in [-0.3, -0.25) is 19.4 Å². The van der Waals surface area contributed by atoms with E-state index in [2.05, 4.69) is 10.2 Å². The van der Waals surface area contributed by atoms with Crippen LogP contribution in [0.5, 0.6) is 0 Å². The highest BCUT2D eigenvalue weighted by Crippen LogP contribution is 2.24. The molecule has 0 aliphatic carbocycles. The molecule has 4 atom stereocenters. The number of hydrogen-bond acceptors (Lipinski definition) is 6. The molecule has 0 saturated carbocycles. The summed E-state index contributed by atoms with van der Waals surface area (Å²) in [6.45, 7) is 9.78. The molecule has 2 aromatic rings. The standard InChI is InChI=1S/C34H46F2N4O5/c1-5-6-12-39-21-25(18-30(39)41)32(43)37-28(17-24-15-26(35)19-27(36)16-24)31(42)29-22-38(20-23-10-8-7-9-11-23)13-14-40(29)33(44)45-34(2,3)4/h7-11,15-16,19,25,28-29,31,42H,5-6,12-14,17-18,20-22H2,1-4H3,(H,37,43)/t25?,28?,29-,31+/m1/s1. The van der Waals surface area contributed by atoms with E-state index in [1.807, 2.05) is 37.3 Å². The first-order chi connectivity index (χ1) is 21.3. The first kappa shape index (κ1) is 34.3. The van der Waals surface area contributed by atoms with Crippen LogP contribution in [-0.2, 0) is 27.3 Å². The third kappa shape index (κ3) is 9.71. The summed E-state index contributed by atoms with van der Waals surface area (Å²) in [7, 11) is 0. The highest BCUT2D eigenvalue weighted by molar-refractivity contribution is 5.89. The third-order valence-corrected chi connectivity index (χ3v) is 8.26. The quantitative estimate of drug-likeness (QED) is 0.388. The van der Waals surface area contributed by atoms with Gasteiger partial charge in [-0.05, 0) is 56.9 Å². The Hall–Kier alpha value is -3.57. The number of aliphatic hydroxyl groups is 1. The van der Waals surface area contributed by atoms with Crippen LogP contribution in [0.15, 0.2) is 48.5 Å². The van der Waals surface area contributed by atoms with Gasteiger partial charge in [0.05, 0.1) is 24.1 Å². The van der Waals surface area contributed by atoms with Crippen LogP contribution in [0, 0.1) is 17.6 Å². The Bertz CT molecular complexity index is 1300. The van der Waals surface area contributed by atoms with Crippen LogP contribution in [0.1, 0.15) is 58.1 Å². The van der Waals surface area contributed by atoms with Crippen LogP contribution in [0.3, 0.4) is 0 Å². The minimum Gasteiger partial charge on any atom is -0.444 e. The molecule has 2 aromatic carbocycles. The first-order valence-electron chi connectivity index (χ1n) is 15.8. The summed E-state index contributed by atoms with van der Waals surface area (Å²) >= 11 is 0. The molecule has 0 radical (unpaired) electrons. The van der Waals surface area contributed by atoms with Gasteiger partial charge in [0, 0.05) is 51.8 Å². The van der Waals surface area contributed by atoms with Crippen molar-refractivity contribution in [3.8, 4) is 0 Å². The van der Waals surface area contributed by atoms with E-state index in [4.69, 9.17) is 4.74 Å². The Labute approximate surface area is 264 Å². The van der Waals surface area contributed by atoms with Crippen LogP contribution in [0.2, 0.25) is 0 Å². The molecule has 2 fully saturated rings. The second kappa shape index (κ2) is 15.1. The predicted molar refractivity (Wildman–Crippen MR) is 166 cm³/mol. The Morgan fingerprint density at radius 2 is 1.73 bits per heavy atom. The summed E-state index contributed by atoms with van der Waals surface area (Å²) in [4.78, 5) is 44.8. The topological polar surface area (TPSA) is 102 Å². The Morgan fingerprint density at radius 3 is 2.38 bits per heavy atom. The smallest absolute Gasteiger partial charge is 0.410 e. The van der Waals surface area contributed by atoms with E-state index in [9.17, 15) is 28.3 Å². The van der Waals surface area contributed by atoms with Crippen molar-refractivity contribution >= 4 is 17.9 Å². The normalized spacial score (nSPS) is 20.6.